The first-order chi connectivity index (χ1) is 10.2. The van der Waals surface area contributed by atoms with E-state index in [2.05, 4.69) is 55.1 Å². The molecule has 1 unspecified atom stereocenters. The standard InChI is InChI=1S/C12H7IN3O2PS2/c13-19-12(20-6-10(17)15-18)14-11(16-19)9-5-7-3-1-2-4-8(7)21-9/h1-5H,6H2/p+1. The summed E-state index contributed by atoms with van der Waals surface area (Å²) < 4.78 is 6.77. The Morgan fingerprint density at radius 2 is 2.29 bits per heavy atom. The van der Waals surface area contributed by atoms with Gasteiger partial charge in [-0.1, -0.05) is 30.0 Å². The van der Waals surface area contributed by atoms with Gasteiger partial charge in [0.15, 0.2) is 0 Å². The fourth-order valence-electron chi connectivity index (χ4n) is 1.76. The number of hydrogen-bond donors (Lipinski definition) is 0. The quantitative estimate of drug-likeness (QED) is 0.338. The number of rotatable bonds is 4. The number of hydrogen-bond acceptors (Lipinski definition) is 5. The summed E-state index contributed by atoms with van der Waals surface area (Å²) >= 11 is 5.24. The Kier molecular flexibility index (Phi) is 4.68. The first-order valence-corrected chi connectivity index (χ1v) is 11.7. The van der Waals surface area contributed by atoms with Crippen molar-refractivity contribution in [2.24, 2.45) is 5.18 Å². The van der Waals surface area contributed by atoms with Crippen LogP contribution in [0.5, 0.6) is 0 Å². The van der Waals surface area contributed by atoms with Crippen molar-refractivity contribution >= 4 is 66.5 Å². The third-order valence-electron chi connectivity index (χ3n) is 2.67. The molecule has 3 rings (SSSR count). The van der Waals surface area contributed by atoms with Crippen molar-refractivity contribution in [2.45, 2.75) is 4.76 Å². The van der Waals surface area contributed by atoms with Crippen LogP contribution >= 0.6 is 50.5 Å². The lowest BCUT2D eigenvalue weighted by Crippen LogP contribution is -2.05. The van der Waals surface area contributed by atoms with E-state index < -0.39 is 11.2 Å². The molecule has 1 amide bonds. The number of H-pyrrole nitrogens is 1. The second kappa shape index (κ2) is 6.51. The first-order valence-electron chi connectivity index (χ1n) is 5.84. The van der Waals surface area contributed by atoms with Gasteiger partial charge in [0.25, 0.3) is 5.91 Å². The minimum atomic E-state index is -0.719. The fourth-order valence-corrected chi connectivity index (χ4v) is 6.94. The van der Waals surface area contributed by atoms with Gasteiger partial charge in [-0.25, -0.2) is 4.98 Å². The number of carbonyl (C=O) groups is 1. The minimum absolute atomic E-state index is 0.0584. The highest BCUT2D eigenvalue weighted by Gasteiger charge is 2.22. The summed E-state index contributed by atoms with van der Waals surface area (Å²) in [6.07, 6.45) is 0. The first kappa shape index (κ1) is 15.1. The van der Waals surface area contributed by atoms with Gasteiger partial charge in [-0.3, -0.25) is 4.79 Å². The number of benzene rings is 1. The summed E-state index contributed by atoms with van der Waals surface area (Å²) in [4.78, 5) is 25.4. The molecule has 1 atom stereocenters. The van der Waals surface area contributed by atoms with Crippen molar-refractivity contribution in [3.8, 4) is 10.7 Å². The Morgan fingerprint density at radius 3 is 3.05 bits per heavy atom. The number of carbonyl (C=O) groups excluding carboxylic acids is 1. The van der Waals surface area contributed by atoms with E-state index in [0.29, 0.717) is 0 Å². The summed E-state index contributed by atoms with van der Waals surface area (Å²) in [6, 6.07) is 10.3. The van der Waals surface area contributed by atoms with E-state index >= 15 is 0 Å². The van der Waals surface area contributed by atoms with Crippen LogP contribution in [-0.2, 0) is 4.79 Å². The summed E-state index contributed by atoms with van der Waals surface area (Å²) in [5, 5.41) is 2.88. The summed E-state index contributed by atoms with van der Waals surface area (Å²) in [7, 11) is 0. The maximum absolute atomic E-state index is 11.0. The van der Waals surface area contributed by atoms with Crippen molar-refractivity contribution in [1.29, 1.82) is 0 Å². The second-order valence-corrected chi connectivity index (χ2v) is 10.3. The minimum Gasteiger partial charge on any atom is -0.268 e. The van der Waals surface area contributed by atoms with Gasteiger partial charge in [0.2, 0.25) is 10.1 Å². The van der Waals surface area contributed by atoms with Crippen LogP contribution < -0.4 is 4.98 Å². The summed E-state index contributed by atoms with van der Waals surface area (Å²) in [5.41, 5.74) is 0. The third-order valence-corrected chi connectivity index (χ3v) is 9.37. The highest BCUT2D eigenvalue weighted by molar-refractivity contribution is 14.2. The molecule has 0 fully saturated rings. The molecule has 106 valence electrons. The van der Waals surface area contributed by atoms with Crippen LogP contribution in [0.3, 0.4) is 0 Å². The molecule has 2 heterocycles. The molecule has 2 aromatic heterocycles. The molecule has 0 aliphatic rings. The van der Waals surface area contributed by atoms with Crippen molar-refractivity contribution in [1.82, 2.24) is 4.75 Å². The number of thioether (sulfide) groups is 1. The predicted octanol–water partition coefficient (Wildman–Crippen LogP) is 4.35. The van der Waals surface area contributed by atoms with Crippen LogP contribution in [0, 0.1) is 4.91 Å². The lowest BCUT2D eigenvalue weighted by molar-refractivity contribution is -0.405. The average Bonchev–Trinajstić information content (AvgIpc) is 3.08. The Hall–Kier alpha value is -0.830. The normalized spacial score (nSPS) is 11.8. The van der Waals surface area contributed by atoms with Gasteiger partial charge in [-0.2, -0.15) is 0 Å². The van der Waals surface area contributed by atoms with Gasteiger partial charge in [0.1, 0.15) is 4.88 Å². The van der Waals surface area contributed by atoms with Crippen LogP contribution in [0.25, 0.3) is 20.8 Å². The van der Waals surface area contributed by atoms with E-state index in [9.17, 15) is 9.70 Å². The van der Waals surface area contributed by atoms with Crippen LogP contribution in [-0.4, -0.2) is 16.4 Å². The van der Waals surface area contributed by atoms with E-state index in [4.69, 9.17) is 0 Å². The SMILES string of the molecule is O=NC(=O)CSc1[nH+]c(-c2cc3ccccc3s2)np1I. The Bertz CT molecular complexity index is 800. The maximum atomic E-state index is 11.0. The summed E-state index contributed by atoms with van der Waals surface area (Å²) in [6.45, 7) is 0. The van der Waals surface area contributed by atoms with Crippen molar-refractivity contribution < 1.29 is 9.78 Å². The number of thiophene rings is 1. The number of halogens is 1. The highest BCUT2D eigenvalue weighted by atomic mass is 127. The molecule has 0 spiro atoms. The van der Waals surface area contributed by atoms with Gasteiger partial charge in [0.05, 0.1) is 5.75 Å². The van der Waals surface area contributed by atoms with E-state index in [0.717, 1.165) is 15.5 Å². The third kappa shape index (κ3) is 3.33. The monoisotopic (exact) mass is 448 g/mol. The van der Waals surface area contributed by atoms with Gasteiger partial charge < -0.3 is 0 Å². The maximum Gasteiger partial charge on any atom is 0.343 e. The molecule has 0 saturated carbocycles. The van der Waals surface area contributed by atoms with Crippen molar-refractivity contribution in [2.75, 3.05) is 5.75 Å². The van der Waals surface area contributed by atoms with Crippen molar-refractivity contribution in [3.05, 3.63) is 35.2 Å². The van der Waals surface area contributed by atoms with E-state index in [-0.39, 0.29) is 5.75 Å². The van der Waals surface area contributed by atoms with Gasteiger partial charge >= 0.3 is 5.82 Å². The number of aromatic amines is 1. The Balaban J connectivity index is 1.89. The molecule has 5 nitrogen and oxygen atoms in total. The molecule has 0 aliphatic heterocycles. The Morgan fingerprint density at radius 1 is 1.48 bits per heavy atom. The van der Waals surface area contributed by atoms with Crippen LogP contribution in [0.15, 0.2) is 40.3 Å². The molecule has 0 radical (unpaired) electrons. The number of aromatic nitrogens is 2. The zero-order valence-corrected chi connectivity index (χ0v) is 15.1. The van der Waals surface area contributed by atoms with Gasteiger partial charge in [-0.15, -0.1) is 16.2 Å². The lowest BCUT2D eigenvalue weighted by Gasteiger charge is -1.87. The average molecular weight is 448 g/mol. The molecule has 1 aromatic carbocycles. The zero-order chi connectivity index (χ0) is 14.8. The van der Waals surface area contributed by atoms with Crippen molar-refractivity contribution in [3.63, 3.8) is 0 Å². The predicted molar refractivity (Wildman–Crippen MR) is 95.3 cm³/mol. The van der Waals surface area contributed by atoms with Crippen LogP contribution in [0.4, 0.5) is 0 Å². The molecule has 21 heavy (non-hydrogen) atoms. The van der Waals surface area contributed by atoms with E-state index in [1.165, 1.54) is 21.8 Å². The number of nitroso groups, excluding NO2 is 1. The number of fused-ring (bicyclic) bond motifs is 1. The van der Waals surface area contributed by atoms with Gasteiger partial charge in [-0.05, 0) is 22.3 Å². The molecular formula is C12H8IN3O2PS2+. The largest absolute Gasteiger partial charge is 0.343 e. The molecule has 0 bridgehead atoms. The van der Waals surface area contributed by atoms with Gasteiger partial charge in [0, 0.05) is 31.9 Å². The highest BCUT2D eigenvalue weighted by Crippen LogP contribution is 2.44. The summed E-state index contributed by atoms with van der Waals surface area (Å²) in [5.74, 6) is 0.248. The molecule has 3 aromatic rings. The zero-order valence-electron chi connectivity index (χ0n) is 10.4. The van der Waals surface area contributed by atoms with Crippen LogP contribution in [0.2, 0.25) is 0 Å². The molecule has 0 aliphatic carbocycles. The number of nitrogens with zero attached hydrogens (tertiary/aromatic N) is 2. The van der Waals surface area contributed by atoms with E-state index in [1.54, 1.807) is 11.3 Å². The molecule has 9 heteroatoms. The number of nitrogens with one attached hydrogen (secondary N) is 1. The number of amides is 1. The lowest BCUT2D eigenvalue weighted by atomic mass is 10.2. The van der Waals surface area contributed by atoms with Crippen LogP contribution in [0.1, 0.15) is 0 Å². The molecule has 1 N–H and O–H groups in total. The van der Waals surface area contributed by atoms with E-state index in [1.807, 2.05) is 12.1 Å². The topological polar surface area (TPSA) is 73.5 Å². The Labute approximate surface area is 142 Å². The molecular weight excluding hydrogens is 440 g/mol. The smallest absolute Gasteiger partial charge is 0.268 e. The molecule has 0 saturated heterocycles. The second-order valence-electron chi connectivity index (χ2n) is 4.06. The fraction of sp³-hybridized carbons (Fsp3) is 0.0833.